The topological polar surface area (TPSA) is 50.4 Å². The molecule has 0 spiro atoms. The summed E-state index contributed by atoms with van der Waals surface area (Å²) in [6.07, 6.45) is -2.49. The van der Waals surface area contributed by atoms with E-state index in [-0.39, 0.29) is 11.8 Å². The number of ether oxygens (including phenoxy) is 1. The highest BCUT2D eigenvalue weighted by molar-refractivity contribution is 5.79. The summed E-state index contributed by atoms with van der Waals surface area (Å²) in [5.74, 6) is 0.438. The number of benzene rings is 1. The third-order valence-electron chi connectivity index (χ3n) is 2.89. The molecule has 0 atom stereocenters. The first-order valence-corrected chi connectivity index (χ1v) is 6.13. The number of nitrogens with one attached hydrogen (secondary N) is 2. The molecule has 0 radical (unpaired) electrons. The number of hydrogen-bond acceptors (Lipinski definition) is 3. The van der Waals surface area contributed by atoms with Crippen LogP contribution >= 0.6 is 0 Å². The molecule has 1 fully saturated rings. The third-order valence-corrected chi connectivity index (χ3v) is 2.89. The highest BCUT2D eigenvalue weighted by Crippen LogP contribution is 2.14. The molecule has 0 aromatic heterocycles. The molecular formula is C13H16F2N2O2. The summed E-state index contributed by atoms with van der Waals surface area (Å²) in [4.78, 5) is 11.6. The highest BCUT2D eigenvalue weighted by atomic mass is 19.3. The van der Waals surface area contributed by atoms with E-state index < -0.39 is 13.0 Å². The fourth-order valence-corrected chi connectivity index (χ4v) is 1.71. The molecule has 0 unspecified atom stereocenters. The van der Waals surface area contributed by atoms with Crippen LogP contribution in [0.3, 0.4) is 0 Å². The van der Waals surface area contributed by atoms with Gasteiger partial charge in [0.1, 0.15) is 12.4 Å². The zero-order valence-corrected chi connectivity index (χ0v) is 10.4. The second kappa shape index (κ2) is 6.47. The Hall–Kier alpha value is -1.69. The van der Waals surface area contributed by atoms with Gasteiger partial charge in [-0.15, -0.1) is 0 Å². The molecule has 104 valence electrons. The minimum absolute atomic E-state index is 0.0117. The van der Waals surface area contributed by atoms with Crippen LogP contribution in [0.1, 0.15) is 5.56 Å². The quantitative estimate of drug-likeness (QED) is 0.815. The summed E-state index contributed by atoms with van der Waals surface area (Å²) in [6.45, 7) is 1.18. The Morgan fingerprint density at radius 1 is 1.47 bits per heavy atom. The van der Waals surface area contributed by atoms with Crippen molar-refractivity contribution in [1.29, 1.82) is 0 Å². The second-order valence-electron chi connectivity index (χ2n) is 4.42. The van der Waals surface area contributed by atoms with Crippen molar-refractivity contribution in [2.45, 2.75) is 13.0 Å². The Balaban J connectivity index is 1.82. The van der Waals surface area contributed by atoms with Crippen molar-refractivity contribution in [3.05, 3.63) is 29.8 Å². The molecule has 4 nitrogen and oxygen atoms in total. The van der Waals surface area contributed by atoms with Crippen LogP contribution in [0.4, 0.5) is 8.78 Å². The van der Waals surface area contributed by atoms with Gasteiger partial charge in [-0.2, -0.15) is 0 Å². The SMILES string of the molecule is O=C(NCc1cccc(OCC(F)F)c1)C1CNC1. The number of alkyl halides is 2. The van der Waals surface area contributed by atoms with Crippen LogP contribution in [0, 0.1) is 5.92 Å². The van der Waals surface area contributed by atoms with E-state index in [1.807, 2.05) is 6.07 Å². The minimum atomic E-state index is -2.49. The van der Waals surface area contributed by atoms with Gasteiger partial charge < -0.3 is 15.4 Å². The summed E-state index contributed by atoms with van der Waals surface area (Å²) in [7, 11) is 0. The first-order chi connectivity index (χ1) is 9.15. The minimum Gasteiger partial charge on any atom is -0.488 e. The lowest BCUT2D eigenvalue weighted by molar-refractivity contribution is -0.126. The fraction of sp³-hybridized carbons (Fsp3) is 0.462. The fourth-order valence-electron chi connectivity index (χ4n) is 1.71. The molecular weight excluding hydrogens is 254 g/mol. The first-order valence-electron chi connectivity index (χ1n) is 6.13. The van der Waals surface area contributed by atoms with E-state index in [1.165, 1.54) is 0 Å². The van der Waals surface area contributed by atoms with Crippen LogP contribution in [-0.2, 0) is 11.3 Å². The molecule has 1 aliphatic heterocycles. The largest absolute Gasteiger partial charge is 0.488 e. The lowest BCUT2D eigenvalue weighted by Gasteiger charge is -2.25. The molecule has 6 heteroatoms. The Labute approximate surface area is 110 Å². The van der Waals surface area contributed by atoms with Crippen LogP contribution in [0.2, 0.25) is 0 Å². The molecule has 1 heterocycles. The zero-order valence-electron chi connectivity index (χ0n) is 10.4. The summed E-state index contributed by atoms with van der Waals surface area (Å²) < 4.78 is 29.0. The molecule has 0 aliphatic carbocycles. The molecule has 1 amide bonds. The van der Waals surface area contributed by atoms with Gasteiger partial charge in [0.15, 0.2) is 0 Å². The van der Waals surface area contributed by atoms with E-state index in [0.717, 1.165) is 5.56 Å². The van der Waals surface area contributed by atoms with Crippen molar-refractivity contribution in [1.82, 2.24) is 10.6 Å². The van der Waals surface area contributed by atoms with Crippen molar-refractivity contribution in [3.63, 3.8) is 0 Å². The third kappa shape index (κ3) is 4.17. The van der Waals surface area contributed by atoms with Crippen LogP contribution in [-0.4, -0.2) is 32.0 Å². The Kier molecular flexibility index (Phi) is 4.68. The smallest absolute Gasteiger partial charge is 0.272 e. The monoisotopic (exact) mass is 270 g/mol. The lowest BCUT2D eigenvalue weighted by atomic mass is 10.0. The summed E-state index contributed by atoms with van der Waals surface area (Å²) in [5, 5.41) is 5.84. The zero-order chi connectivity index (χ0) is 13.7. The Bertz CT molecular complexity index is 436. The van der Waals surface area contributed by atoms with E-state index in [0.29, 0.717) is 25.4 Å². The molecule has 1 saturated heterocycles. The van der Waals surface area contributed by atoms with E-state index in [1.54, 1.807) is 18.2 Å². The van der Waals surface area contributed by atoms with Gasteiger partial charge in [0.2, 0.25) is 5.91 Å². The molecule has 1 aromatic rings. The number of hydrogen-bond donors (Lipinski definition) is 2. The predicted molar refractivity (Wildman–Crippen MR) is 66.1 cm³/mol. The van der Waals surface area contributed by atoms with Crippen molar-refractivity contribution < 1.29 is 18.3 Å². The standard InChI is InChI=1S/C13H16F2N2O2/c14-12(15)8-19-11-3-1-2-9(4-11)5-17-13(18)10-6-16-7-10/h1-4,10,12,16H,5-8H2,(H,17,18). The van der Waals surface area contributed by atoms with Gasteiger partial charge in [-0.05, 0) is 17.7 Å². The van der Waals surface area contributed by atoms with Crippen LogP contribution in [0.15, 0.2) is 24.3 Å². The van der Waals surface area contributed by atoms with Crippen molar-refractivity contribution in [3.8, 4) is 5.75 Å². The number of halogens is 2. The van der Waals surface area contributed by atoms with Crippen LogP contribution < -0.4 is 15.4 Å². The average Bonchev–Trinajstić information content (AvgIpc) is 2.32. The molecule has 1 aromatic carbocycles. The molecule has 0 saturated carbocycles. The van der Waals surface area contributed by atoms with Crippen molar-refractivity contribution in [2.24, 2.45) is 5.92 Å². The van der Waals surface area contributed by atoms with Crippen LogP contribution in [0.25, 0.3) is 0 Å². The number of carbonyl (C=O) groups is 1. The summed E-state index contributed by atoms with van der Waals surface area (Å²) in [6, 6.07) is 6.80. The molecule has 2 rings (SSSR count). The highest BCUT2D eigenvalue weighted by Gasteiger charge is 2.24. The summed E-state index contributed by atoms with van der Waals surface area (Å²) in [5.41, 5.74) is 0.826. The number of amides is 1. The van der Waals surface area contributed by atoms with E-state index in [9.17, 15) is 13.6 Å². The average molecular weight is 270 g/mol. The maximum Gasteiger partial charge on any atom is 0.272 e. The van der Waals surface area contributed by atoms with Gasteiger partial charge in [-0.25, -0.2) is 8.78 Å². The maximum atomic E-state index is 12.0. The van der Waals surface area contributed by atoms with Gasteiger partial charge in [0.05, 0.1) is 5.92 Å². The second-order valence-corrected chi connectivity index (χ2v) is 4.42. The normalized spacial score (nSPS) is 15.1. The van der Waals surface area contributed by atoms with Gasteiger partial charge in [-0.1, -0.05) is 12.1 Å². The number of carbonyl (C=O) groups excluding carboxylic acids is 1. The van der Waals surface area contributed by atoms with Gasteiger partial charge >= 0.3 is 0 Å². The Morgan fingerprint density at radius 2 is 2.26 bits per heavy atom. The molecule has 0 bridgehead atoms. The summed E-state index contributed by atoms with van der Waals surface area (Å²) >= 11 is 0. The predicted octanol–water partition coefficient (Wildman–Crippen LogP) is 1.17. The van der Waals surface area contributed by atoms with Crippen LogP contribution in [0.5, 0.6) is 5.75 Å². The van der Waals surface area contributed by atoms with Crippen molar-refractivity contribution in [2.75, 3.05) is 19.7 Å². The first kappa shape index (κ1) is 13.7. The number of rotatable bonds is 6. The molecule has 1 aliphatic rings. The lowest BCUT2D eigenvalue weighted by Crippen LogP contribution is -2.50. The van der Waals surface area contributed by atoms with Gasteiger partial charge in [0, 0.05) is 19.6 Å². The molecule has 19 heavy (non-hydrogen) atoms. The van der Waals surface area contributed by atoms with Gasteiger partial charge in [-0.3, -0.25) is 4.79 Å². The van der Waals surface area contributed by atoms with E-state index >= 15 is 0 Å². The van der Waals surface area contributed by atoms with E-state index in [4.69, 9.17) is 4.74 Å². The van der Waals surface area contributed by atoms with Crippen molar-refractivity contribution >= 4 is 5.91 Å². The maximum absolute atomic E-state index is 12.0. The van der Waals surface area contributed by atoms with E-state index in [2.05, 4.69) is 10.6 Å². The Morgan fingerprint density at radius 3 is 2.89 bits per heavy atom. The van der Waals surface area contributed by atoms with Gasteiger partial charge in [0.25, 0.3) is 6.43 Å². The molecule has 2 N–H and O–H groups in total.